The summed E-state index contributed by atoms with van der Waals surface area (Å²) in [6.07, 6.45) is 4.56. The van der Waals surface area contributed by atoms with Crippen LogP contribution in [0.15, 0.2) is 59.6 Å². The maximum absolute atomic E-state index is 9.36. The van der Waals surface area contributed by atoms with Gasteiger partial charge in [0.05, 0.1) is 6.04 Å². The molecule has 0 aromatic heterocycles. The van der Waals surface area contributed by atoms with Gasteiger partial charge in [0.2, 0.25) is 0 Å². The van der Waals surface area contributed by atoms with E-state index < -0.39 is 0 Å². The first kappa shape index (κ1) is 23.5. The summed E-state index contributed by atoms with van der Waals surface area (Å²) in [4.78, 5) is 6.95. The van der Waals surface area contributed by atoms with Crippen molar-refractivity contribution in [2.75, 3.05) is 33.2 Å². The Hall–Kier alpha value is -1.80. The summed E-state index contributed by atoms with van der Waals surface area (Å²) < 4.78 is 0. The maximum Gasteiger partial charge on any atom is 0.191 e. The highest BCUT2D eigenvalue weighted by atomic mass is 127. The number of guanidine groups is 1. The number of rotatable bonds is 8. The smallest absolute Gasteiger partial charge is 0.191 e. The zero-order valence-electron chi connectivity index (χ0n) is 17.2. The first-order valence-electron chi connectivity index (χ1n) is 10.3. The van der Waals surface area contributed by atoms with Gasteiger partial charge in [-0.15, -0.1) is 24.0 Å². The van der Waals surface area contributed by atoms with Gasteiger partial charge >= 0.3 is 0 Å². The highest BCUT2D eigenvalue weighted by Crippen LogP contribution is 2.24. The third-order valence-electron chi connectivity index (χ3n) is 5.32. The number of likely N-dealkylation sites (tertiary alicyclic amines) is 1. The van der Waals surface area contributed by atoms with Gasteiger partial charge in [0.1, 0.15) is 5.75 Å². The molecule has 0 saturated carbocycles. The second-order valence-corrected chi connectivity index (χ2v) is 7.32. The summed E-state index contributed by atoms with van der Waals surface area (Å²) in [5, 5.41) is 16.3. The van der Waals surface area contributed by atoms with E-state index in [1.54, 1.807) is 12.1 Å². The topological polar surface area (TPSA) is 59.9 Å². The number of phenolic OH excluding ortho intramolecular Hbond substituents is 1. The van der Waals surface area contributed by atoms with E-state index in [1.165, 1.54) is 37.1 Å². The Morgan fingerprint density at radius 1 is 1.03 bits per heavy atom. The molecule has 5 nitrogen and oxygen atoms in total. The lowest BCUT2D eigenvalue weighted by atomic mass is 10.1. The third kappa shape index (κ3) is 7.51. The second-order valence-electron chi connectivity index (χ2n) is 7.32. The molecule has 1 saturated heterocycles. The first-order valence-corrected chi connectivity index (χ1v) is 10.3. The molecular weight excluding hydrogens is 475 g/mol. The number of aromatic hydroxyl groups is 1. The summed E-state index contributed by atoms with van der Waals surface area (Å²) >= 11 is 0. The molecule has 1 fully saturated rings. The summed E-state index contributed by atoms with van der Waals surface area (Å²) in [5.74, 6) is 1.17. The number of nitrogens with one attached hydrogen (secondary N) is 2. The summed E-state index contributed by atoms with van der Waals surface area (Å²) in [6, 6.07) is 18.6. The molecular formula is C23H33IN4O. The van der Waals surface area contributed by atoms with E-state index in [0.29, 0.717) is 11.8 Å². The van der Waals surface area contributed by atoms with Crippen molar-refractivity contribution in [2.45, 2.75) is 31.7 Å². The lowest BCUT2D eigenvalue weighted by molar-refractivity contribution is 0.245. The van der Waals surface area contributed by atoms with Crippen LogP contribution in [-0.2, 0) is 6.42 Å². The van der Waals surface area contributed by atoms with Gasteiger partial charge in [-0.05, 0) is 62.0 Å². The fourth-order valence-electron chi connectivity index (χ4n) is 3.76. The van der Waals surface area contributed by atoms with Crippen molar-refractivity contribution in [1.82, 2.24) is 15.5 Å². The Balaban J connectivity index is 0.00000300. The van der Waals surface area contributed by atoms with Crippen LogP contribution in [0.2, 0.25) is 0 Å². The van der Waals surface area contributed by atoms with E-state index in [1.807, 2.05) is 19.2 Å². The number of hydrogen-bond donors (Lipinski definition) is 3. The number of aryl methyl sites for hydroxylation is 1. The van der Waals surface area contributed by atoms with Gasteiger partial charge in [-0.2, -0.15) is 0 Å². The molecule has 158 valence electrons. The number of benzene rings is 2. The minimum atomic E-state index is 0. The van der Waals surface area contributed by atoms with Crippen LogP contribution in [0, 0.1) is 0 Å². The van der Waals surface area contributed by atoms with Crippen molar-refractivity contribution < 1.29 is 5.11 Å². The van der Waals surface area contributed by atoms with Crippen LogP contribution in [0.25, 0.3) is 0 Å². The van der Waals surface area contributed by atoms with E-state index in [9.17, 15) is 5.11 Å². The molecule has 2 aromatic rings. The van der Waals surface area contributed by atoms with Crippen molar-refractivity contribution in [3.05, 3.63) is 65.7 Å². The minimum absolute atomic E-state index is 0. The predicted molar refractivity (Wildman–Crippen MR) is 131 cm³/mol. The Kier molecular flexibility index (Phi) is 10.3. The highest BCUT2D eigenvalue weighted by molar-refractivity contribution is 14.0. The van der Waals surface area contributed by atoms with E-state index in [4.69, 9.17) is 0 Å². The Morgan fingerprint density at radius 2 is 1.72 bits per heavy atom. The molecule has 1 unspecified atom stereocenters. The molecule has 3 N–H and O–H groups in total. The Bertz CT molecular complexity index is 730. The van der Waals surface area contributed by atoms with Crippen molar-refractivity contribution in [2.24, 2.45) is 4.99 Å². The number of phenols is 1. The van der Waals surface area contributed by atoms with E-state index in [-0.39, 0.29) is 24.0 Å². The summed E-state index contributed by atoms with van der Waals surface area (Å²) in [6.45, 7) is 4.04. The van der Waals surface area contributed by atoms with Gasteiger partial charge in [-0.3, -0.25) is 9.89 Å². The number of hydrogen-bond acceptors (Lipinski definition) is 3. The molecule has 2 aromatic carbocycles. The normalized spacial score (nSPS) is 15.6. The highest BCUT2D eigenvalue weighted by Gasteiger charge is 2.23. The van der Waals surface area contributed by atoms with Crippen LogP contribution in [0.5, 0.6) is 5.75 Å². The van der Waals surface area contributed by atoms with E-state index in [2.05, 4.69) is 50.9 Å². The average molecular weight is 508 g/mol. The van der Waals surface area contributed by atoms with E-state index >= 15 is 0 Å². The van der Waals surface area contributed by atoms with Crippen molar-refractivity contribution in [1.29, 1.82) is 0 Å². The zero-order valence-corrected chi connectivity index (χ0v) is 19.5. The van der Waals surface area contributed by atoms with Crippen molar-refractivity contribution in [3.63, 3.8) is 0 Å². The molecule has 0 radical (unpaired) electrons. The number of nitrogens with zero attached hydrogens (tertiary/aromatic N) is 2. The molecule has 29 heavy (non-hydrogen) atoms. The van der Waals surface area contributed by atoms with E-state index in [0.717, 1.165) is 31.9 Å². The van der Waals surface area contributed by atoms with Crippen molar-refractivity contribution >= 4 is 29.9 Å². The molecule has 0 aliphatic carbocycles. The SMILES string of the molecule is CN=C(NCCCc1ccc(O)cc1)NCC(c1ccccc1)N1CCCC1.I. The van der Waals surface area contributed by atoms with Crippen LogP contribution < -0.4 is 10.6 Å². The first-order chi connectivity index (χ1) is 13.8. The fourth-order valence-corrected chi connectivity index (χ4v) is 3.76. The van der Waals surface area contributed by atoms with Crippen LogP contribution in [0.3, 0.4) is 0 Å². The van der Waals surface area contributed by atoms with Crippen LogP contribution >= 0.6 is 24.0 Å². The van der Waals surface area contributed by atoms with Gasteiger partial charge in [0, 0.05) is 20.1 Å². The molecule has 6 heteroatoms. The van der Waals surface area contributed by atoms with Gasteiger partial charge in [-0.25, -0.2) is 0 Å². The Labute approximate surface area is 191 Å². The molecule has 1 heterocycles. The largest absolute Gasteiger partial charge is 0.508 e. The average Bonchev–Trinajstić information content (AvgIpc) is 3.26. The minimum Gasteiger partial charge on any atom is -0.508 e. The van der Waals surface area contributed by atoms with Crippen molar-refractivity contribution in [3.8, 4) is 5.75 Å². The summed E-state index contributed by atoms with van der Waals surface area (Å²) in [5.41, 5.74) is 2.60. The zero-order chi connectivity index (χ0) is 19.6. The van der Waals surface area contributed by atoms with Gasteiger partial charge < -0.3 is 15.7 Å². The molecule has 1 atom stereocenters. The molecule has 0 bridgehead atoms. The second kappa shape index (κ2) is 12.7. The van der Waals surface area contributed by atoms with Gasteiger partial charge in [0.25, 0.3) is 0 Å². The quantitative estimate of drug-likeness (QED) is 0.219. The number of halogens is 1. The molecule has 1 aliphatic rings. The number of aliphatic imine (C=N–C) groups is 1. The maximum atomic E-state index is 9.36. The lowest BCUT2D eigenvalue weighted by Gasteiger charge is -2.29. The lowest BCUT2D eigenvalue weighted by Crippen LogP contribution is -2.43. The third-order valence-corrected chi connectivity index (χ3v) is 5.32. The fraction of sp³-hybridized carbons (Fsp3) is 0.435. The van der Waals surface area contributed by atoms with Crippen LogP contribution in [0.4, 0.5) is 0 Å². The van der Waals surface area contributed by atoms with Gasteiger partial charge in [0.15, 0.2) is 5.96 Å². The molecule has 0 spiro atoms. The molecule has 0 amide bonds. The standard InChI is InChI=1S/C23H32N4O.HI/c1-24-23(25-15-7-8-19-11-13-21(28)14-12-19)26-18-22(27-16-5-6-17-27)20-9-3-2-4-10-20;/h2-4,9-14,22,28H,5-8,15-18H2,1H3,(H2,24,25,26);1H. The summed E-state index contributed by atoms with van der Waals surface area (Å²) in [7, 11) is 1.82. The van der Waals surface area contributed by atoms with Crippen LogP contribution in [-0.4, -0.2) is 49.2 Å². The Morgan fingerprint density at radius 3 is 2.38 bits per heavy atom. The van der Waals surface area contributed by atoms with Crippen LogP contribution in [0.1, 0.15) is 36.4 Å². The monoisotopic (exact) mass is 508 g/mol. The predicted octanol–water partition coefficient (Wildman–Crippen LogP) is 3.94. The van der Waals surface area contributed by atoms with Gasteiger partial charge in [-0.1, -0.05) is 42.5 Å². The molecule has 1 aliphatic heterocycles. The molecule has 3 rings (SSSR count).